The molecular formula is C11H21N3O. The van der Waals surface area contributed by atoms with Crippen LogP contribution in [0.2, 0.25) is 0 Å². The fourth-order valence-electron chi connectivity index (χ4n) is 1.46. The lowest BCUT2D eigenvalue weighted by Crippen LogP contribution is -2.20. The van der Waals surface area contributed by atoms with Gasteiger partial charge in [-0.1, -0.05) is 6.92 Å². The van der Waals surface area contributed by atoms with Crippen LogP contribution in [-0.2, 0) is 11.3 Å². The fourth-order valence-corrected chi connectivity index (χ4v) is 1.46. The Morgan fingerprint density at radius 1 is 1.60 bits per heavy atom. The van der Waals surface area contributed by atoms with E-state index in [4.69, 9.17) is 4.74 Å². The highest BCUT2D eigenvalue weighted by atomic mass is 16.5. The predicted octanol–water partition coefficient (Wildman–Crippen LogP) is 2.13. The van der Waals surface area contributed by atoms with Crippen LogP contribution in [0, 0.1) is 0 Å². The molecule has 1 atom stereocenters. The average Bonchev–Trinajstić information content (AvgIpc) is 2.63. The molecule has 0 aliphatic rings. The maximum atomic E-state index is 5.04. The molecule has 1 aromatic rings. The van der Waals surface area contributed by atoms with Crippen LogP contribution in [0.5, 0.6) is 0 Å². The molecule has 0 aliphatic heterocycles. The zero-order valence-corrected chi connectivity index (χ0v) is 9.86. The summed E-state index contributed by atoms with van der Waals surface area (Å²) < 4.78 is 7.18. The molecule has 0 aliphatic carbocycles. The van der Waals surface area contributed by atoms with Crippen molar-refractivity contribution in [1.29, 1.82) is 0 Å². The molecule has 15 heavy (non-hydrogen) atoms. The smallest absolute Gasteiger partial charge is 0.202 e. The molecule has 0 aromatic carbocycles. The lowest BCUT2D eigenvalue weighted by Gasteiger charge is -2.15. The standard InChI is InChI=1S/C11H21N3O/c1-4-7-14-8-6-12-11(14)13-10(2)5-9-15-3/h6,8,10H,4-5,7,9H2,1-3H3,(H,12,13). The second-order valence-electron chi connectivity index (χ2n) is 3.77. The topological polar surface area (TPSA) is 39.1 Å². The van der Waals surface area contributed by atoms with E-state index in [9.17, 15) is 0 Å². The van der Waals surface area contributed by atoms with Crippen molar-refractivity contribution in [2.24, 2.45) is 0 Å². The zero-order valence-electron chi connectivity index (χ0n) is 9.86. The number of rotatable bonds is 7. The summed E-state index contributed by atoms with van der Waals surface area (Å²) in [6.07, 6.45) is 5.96. The van der Waals surface area contributed by atoms with Crippen LogP contribution in [-0.4, -0.2) is 29.3 Å². The van der Waals surface area contributed by atoms with E-state index < -0.39 is 0 Å². The molecule has 0 saturated carbocycles. The van der Waals surface area contributed by atoms with E-state index in [1.165, 1.54) is 0 Å². The van der Waals surface area contributed by atoms with Crippen LogP contribution >= 0.6 is 0 Å². The first-order chi connectivity index (χ1) is 7.27. The van der Waals surface area contributed by atoms with Gasteiger partial charge in [-0.25, -0.2) is 4.98 Å². The monoisotopic (exact) mass is 211 g/mol. The second-order valence-corrected chi connectivity index (χ2v) is 3.77. The number of hydrogen-bond acceptors (Lipinski definition) is 3. The van der Waals surface area contributed by atoms with Gasteiger partial charge >= 0.3 is 0 Å². The predicted molar refractivity (Wildman–Crippen MR) is 62.1 cm³/mol. The third-order valence-corrected chi connectivity index (χ3v) is 2.31. The first-order valence-corrected chi connectivity index (χ1v) is 5.54. The first kappa shape index (κ1) is 12.0. The highest BCUT2D eigenvalue weighted by Crippen LogP contribution is 2.08. The second kappa shape index (κ2) is 6.45. The van der Waals surface area contributed by atoms with Gasteiger partial charge in [-0.2, -0.15) is 0 Å². The average molecular weight is 211 g/mol. The van der Waals surface area contributed by atoms with Crippen LogP contribution in [0.15, 0.2) is 12.4 Å². The van der Waals surface area contributed by atoms with Gasteiger partial charge in [0.15, 0.2) is 0 Å². The molecule has 0 amide bonds. The molecule has 1 aromatic heterocycles. The number of hydrogen-bond donors (Lipinski definition) is 1. The molecule has 4 heteroatoms. The van der Waals surface area contributed by atoms with Gasteiger partial charge in [-0.15, -0.1) is 0 Å². The molecule has 0 fully saturated rings. The highest BCUT2D eigenvalue weighted by molar-refractivity contribution is 5.27. The first-order valence-electron chi connectivity index (χ1n) is 5.54. The van der Waals surface area contributed by atoms with Gasteiger partial charge in [0.25, 0.3) is 0 Å². The number of nitrogens with one attached hydrogen (secondary N) is 1. The lowest BCUT2D eigenvalue weighted by molar-refractivity contribution is 0.191. The van der Waals surface area contributed by atoms with Crippen molar-refractivity contribution < 1.29 is 4.74 Å². The number of aromatic nitrogens is 2. The van der Waals surface area contributed by atoms with Gasteiger partial charge in [-0.05, 0) is 19.8 Å². The summed E-state index contributed by atoms with van der Waals surface area (Å²) in [5.74, 6) is 0.959. The Hall–Kier alpha value is -1.03. The summed E-state index contributed by atoms with van der Waals surface area (Å²) >= 11 is 0. The summed E-state index contributed by atoms with van der Waals surface area (Å²) in [7, 11) is 1.73. The molecule has 0 spiro atoms. The Morgan fingerprint density at radius 2 is 2.40 bits per heavy atom. The minimum atomic E-state index is 0.392. The molecule has 0 saturated heterocycles. The van der Waals surface area contributed by atoms with E-state index in [2.05, 4.69) is 28.7 Å². The molecule has 4 nitrogen and oxygen atoms in total. The van der Waals surface area contributed by atoms with Crippen molar-refractivity contribution in [1.82, 2.24) is 9.55 Å². The number of nitrogens with zero attached hydrogens (tertiary/aromatic N) is 2. The molecule has 0 bridgehead atoms. The molecule has 1 N–H and O–H groups in total. The summed E-state index contributed by atoms with van der Waals surface area (Å²) in [5, 5.41) is 3.38. The maximum absolute atomic E-state index is 5.04. The Bertz CT molecular complexity index is 273. The number of ether oxygens (including phenoxy) is 1. The quantitative estimate of drug-likeness (QED) is 0.751. The van der Waals surface area contributed by atoms with Crippen molar-refractivity contribution >= 4 is 5.95 Å². The largest absolute Gasteiger partial charge is 0.385 e. The minimum Gasteiger partial charge on any atom is -0.385 e. The third-order valence-electron chi connectivity index (χ3n) is 2.31. The van der Waals surface area contributed by atoms with Crippen molar-refractivity contribution in [2.45, 2.75) is 39.3 Å². The Labute approximate surface area is 91.7 Å². The van der Waals surface area contributed by atoms with Crippen LogP contribution in [0.3, 0.4) is 0 Å². The Kier molecular flexibility index (Phi) is 5.18. The summed E-state index contributed by atoms with van der Waals surface area (Å²) in [6, 6.07) is 0.392. The molecule has 1 rings (SSSR count). The summed E-state index contributed by atoms with van der Waals surface area (Å²) in [6.45, 7) is 6.10. The van der Waals surface area contributed by atoms with E-state index in [-0.39, 0.29) is 0 Å². The number of imidazole rings is 1. The van der Waals surface area contributed by atoms with Crippen molar-refractivity contribution in [3.05, 3.63) is 12.4 Å². The minimum absolute atomic E-state index is 0.392. The van der Waals surface area contributed by atoms with Crippen molar-refractivity contribution in [3.63, 3.8) is 0 Å². The summed E-state index contributed by atoms with van der Waals surface area (Å²) in [4.78, 5) is 4.29. The normalized spacial score (nSPS) is 12.7. The van der Waals surface area contributed by atoms with Crippen LogP contribution in [0.4, 0.5) is 5.95 Å². The fraction of sp³-hybridized carbons (Fsp3) is 0.727. The maximum Gasteiger partial charge on any atom is 0.202 e. The van der Waals surface area contributed by atoms with Gasteiger partial charge in [-0.3, -0.25) is 0 Å². The van der Waals surface area contributed by atoms with E-state index in [1.54, 1.807) is 7.11 Å². The van der Waals surface area contributed by atoms with Crippen LogP contribution in [0.25, 0.3) is 0 Å². The number of aryl methyl sites for hydroxylation is 1. The number of anilines is 1. The van der Waals surface area contributed by atoms with Crippen molar-refractivity contribution in [2.75, 3.05) is 19.0 Å². The Balaban J connectivity index is 2.44. The highest BCUT2D eigenvalue weighted by Gasteiger charge is 2.05. The van der Waals surface area contributed by atoms with Crippen molar-refractivity contribution in [3.8, 4) is 0 Å². The number of methoxy groups -OCH3 is 1. The third kappa shape index (κ3) is 3.91. The van der Waals surface area contributed by atoms with Gasteiger partial charge in [0, 0.05) is 38.7 Å². The van der Waals surface area contributed by atoms with Gasteiger partial charge in [0.2, 0.25) is 5.95 Å². The van der Waals surface area contributed by atoms with Gasteiger partial charge in [0.05, 0.1) is 0 Å². The van der Waals surface area contributed by atoms with E-state index >= 15 is 0 Å². The molecule has 1 unspecified atom stereocenters. The van der Waals surface area contributed by atoms with Gasteiger partial charge in [0.1, 0.15) is 0 Å². The molecule has 0 radical (unpaired) electrons. The molecule has 1 heterocycles. The van der Waals surface area contributed by atoms with Crippen LogP contribution in [0.1, 0.15) is 26.7 Å². The van der Waals surface area contributed by atoms with E-state index in [1.807, 2.05) is 12.4 Å². The van der Waals surface area contributed by atoms with E-state index in [0.717, 1.165) is 31.9 Å². The molecule has 86 valence electrons. The summed E-state index contributed by atoms with van der Waals surface area (Å²) in [5.41, 5.74) is 0. The SMILES string of the molecule is CCCn1ccnc1NC(C)CCOC. The van der Waals surface area contributed by atoms with Gasteiger partial charge < -0.3 is 14.6 Å². The Morgan fingerprint density at radius 3 is 3.07 bits per heavy atom. The molecular weight excluding hydrogens is 190 g/mol. The van der Waals surface area contributed by atoms with Crippen LogP contribution < -0.4 is 5.32 Å². The van der Waals surface area contributed by atoms with E-state index in [0.29, 0.717) is 6.04 Å². The zero-order chi connectivity index (χ0) is 11.1. The lowest BCUT2D eigenvalue weighted by atomic mass is 10.2.